The van der Waals surface area contributed by atoms with Gasteiger partial charge in [0.2, 0.25) is 0 Å². The summed E-state index contributed by atoms with van der Waals surface area (Å²) in [7, 11) is 0. The topological polar surface area (TPSA) is 81.6 Å². The summed E-state index contributed by atoms with van der Waals surface area (Å²) >= 11 is 0. The molecule has 0 bridgehead atoms. The van der Waals surface area contributed by atoms with Gasteiger partial charge in [0.15, 0.2) is 0 Å². The first kappa shape index (κ1) is 17.3. The zero-order valence-electron chi connectivity index (χ0n) is 13.4. The van der Waals surface area contributed by atoms with E-state index in [9.17, 15) is 15.0 Å². The molecular formula is C16H26N2O3. The lowest BCUT2D eigenvalue weighted by molar-refractivity contribution is 0.156. The first-order chi connectivity index (χ1) is 9.53. The number of urea groups is 1. The smallest absolute Gasteiger partial charge is 0.315 e. The third-order valence-electron chi connectivity index (χ3n) is 4.01. The van der Waals surface area contributed by atoms with Crippen LogP contribution < -0.4 is 10.6 Å². The highest BCUT2D eigenvalue weighted by Crippen LogP contribution is 2.29. The molecule has 0 saturated heterocycles. The fourth-order valence-corrected chi connectivity index (χ4v) is 1.55. The Balaban J connectivity index is 2.54. The molecule has 0 saturated carbocycles. The first-order valence-electron chi connectivity index (χ1n) is 7.06. The number of aliphatic hydroxyl groups is 1. The van der Waals surface area contributed by atoms with Crippen LogP contribution in [0.5, 0.6) is 5.75 Å². The molecule has 0 spiro atoms. The van der Waals surface area contributed by atoms with Crippen molar-refractivity contribution in [1.82, 2.24) is 10.6 Å². The fraction of sp³-hybridized carbons (Fsp3) is 0.562. The minimum absolute atomic E-state index is 0.0789. The number of carbonyl (C=O) groups is 1. The maximum Gasteiger partial charge on any atom is 0.315 e. The standard InChI is InChI=1S/C16H26N2O3/c1-15(2,3)16(4,5)18-14(21)17-10-13(20)11-7-6-8-12(19)9-11/h6-9,13,19-20H,10H2,1-5H3,(H2,17,18,21)/t13-/m0/s1. The number of amides is 2. The molecule has 1 atom stereocenters. The molecule has 0 aliphatic rings. The third-order valence-corrected chi connectivity index (χ3v) is 4.01. The summed E-state index contributed by atoms with van der Waals surface area (Å²) in [6, 6.07) is 6.03. The average Bonchev–Trinajstić information content (AvgIpc) is 2.34. The Labute approximate surface area is 126 Å². The quantitative estimate of drug-likeness (QED) is 0.689. The summed E-state index contributed by atoms with van der Waals surface area (Å²) in [5.41, 5.74) is 0.0895. The highest BCUT2D eigenvalue weighted by atomic mass is 16.3. The molecular weight excluding hydrogens is 268 g/mol. The number of rotatable bonds is 4. The van der Waals surface area contributed by atoms with Gasteiger partial charge in [0.05, 0.1) is 6.10 Å². The van der Waals surface area contributed by atoms with Crippen LogP contribution >= 0.6 is 0 Å². The van der Waals surface area contributed by atoms with E-state index in [1.54, 1.807) is 12.1 Å². The van der Waals surface area contributed by atoms with Crippen molar-refractivity contribution in [2.75, 3.05) is 6.54 Å². The van der Waals surface area contributed by atoms with E-state index >= 15 is 0 Å². The molecule has 5 heteroatoms. The van der Waals surface area contributed by atoms with Crippen molar-refractivity contribution < 1.29 is 15.0 Å². The molecule has 0 aliphatic carbocycles. The van der Waals surface area contributed by atoms with Crippen molar-refractivity contribution in [1.29, 1.82) is 0 Å². The first-order valence-corrected chi connectivity index (χ1v) is 7.06. The number of phenolic OH excluding ortho intramolecular Hbond substituents is 1. The van der Waals surface area contributed by atoms with Gasteiger partial charge in [-0.25, -0.2) is 4.79 Å². The van der Waals surface area contributed by atoms with E-state index in [4.69, 9.17) is 0 Å². The Hall–Kier alpha value is -1.75. The van der Waals surface area contributed by atoms with Gasteiger partial charge >= 0.3 is 6.03 Å². The van der Waals surface area contributed by atoms with Gasteiger partial charge in [-0.1, -0.05) is 32.9 Å². The van der Waals surface area contributed by atoms with Gasteiger partial charge in [0, 0.05) is 12.1 Å². The van der Waals surface area contributed by atoms with Crippen molar-refractivity contribution in [3.63, 3.8) is 0 Å². The Morgan fingerprint density at radius 1 is 1.24 bits per heavy atom. The Kier molecular flexibility index (Phi) is 5.23. The maximum atomic E-state index is 11.9. The fourth-order valence-electron chi connectivity index (χ4n) is 1.55. The van der Waals surface area contributed by atoms with Crippen LogP contribution in [0.4, 0.5) is 4.79 Å². The van der Waals surface area contributed by atoms with Crippen molar-refractivity contribution in [2.24, 2.45) is 5.41 Å². The van der Waals surface area contributed by atoms with Gasteiger partial charge in [0.25, 0.3) is 0 Å². The van der Waals surface area contributed by atoms with Gasteiger partial charge in [-0.05, 0) is 37.0 Å². The molecule has 5 nitrogen and oxygen atoms in total. The van der Waals surface area contributed by atoms with Crippen molar-refractivity contribution >= 4 is 6.03 Å². The van der Waals surface area contributed by atoms with Gasteiger partial charge in [-0.3, -0.25) is 0 Å². The molecule has 2 amide bonds. The van der Waals surface area contributed by atoms with Gasteiger partial charge in [0.1, 0.15) is 5.75 Å². The normalized spacial score (nSPS) is 13.6. The molecule has 1 rings (SSSR count). The minimum Gasteiger partial charge on any atom is -0.508 e. The Morgan fingerprint density at radius 2 is 1.86 bits per heavy atom. The lowest BCUT2D eigenvalue weighted by Gasteiger charge is -2.39. The summed E-state index contributed by atoms with van der Waals surface area (Å²) in [5, 5.41) is 24.9. The summed E-state index contributed by atoms with van der Waals surface area (Å²) in [6.45, 7) is 10.1. The van der Waals surface area contributed by atoms with Crippen LogP contribution in [0.3, 0.4) is 0 Å². The molecule has 0 fully saturated rings. The van der Waals surface area contributed by atoms with Gasteiger partial charge < -0.3 is 20.8 Å². The van der Waals surface area contributed by atoms with Crippen LogP contribution in [0, 0.1) is 5.41 Å². The predicted molar refractivity (Wildman–Crippen MR) is 83.1 cm³/mol. The molecule has 1 aromatic carbocycles. The average molecular weight is 294 g/mol. The maximum absolute atomic E-state index is 11.9. The highest BCUT2D eigenvalue weighted by Gasteiger charge is 2.34. The second kappa shape index (κ2) is 6.35. The minimum atomic E-state index is -0.861. The Bertz CT molecular complexity index is 493. The number of benzene rings is 1. The molecule has 0 radical (unpaired) electrons. The predicted octanol–water partition coefficient (Wildman–Crippen LogP) is 2.55. The van der Waals surface area contributed by atoms with E-state index in [0.29, 0.717) is 5.56 Å². The molecule has 21 heavy (non-hydrogen) atoms. The van der Waals surface area contributed by atoms with E-state index in [-0.39, 0.29) is 29.3 Å². The van der Waals surface area contributed by atoms with Crippen LogP contribution in [-0.4, -0.2) is 28.3 Å². The van der Waals surface area contributed by atoms with Crippen LogP contribution in [0.15, 0.2) is 24.3 Å². The van der Waals surface area contributed by atoms with Crippen LogP contribution in [0.2, 0.25) is 0 Å². The summed E-state index contributed by atoms with van der Waals surface area (Å²) < 4.78 is 0. The van der Waals surface area contributed by atoms with Gasteiger partial charge in [-0.2, -0.15) is 0 Å². The lowest BCUT2D eigenvalue weighted by atomic mass is 9.76. The summed E-state index contributed by atoms with van der Waals surface area (Å²) in [4.78, 5) is 11.9. The molecule has 0 aliphatic heterocycles. The number of carbonyl (C=O) groups excluding carboxylic acids is 1. The van der Waals surface area contributed by atoms with Crippen molar-refractivity contribution in [2.45, 2.75) is 46.3 Å². The van der Waals surface area contributed by atoms with E-state index in [1.165, 1.54) is 12.1 Å². The number of nitrogens with one attached hydrogen (secondary N) is 2. The second-order valence-corrected chi connectivity index (χ2v) is 6.82. The number of hydrogen-bond donors (Lipinski definition) is 4. The zero-order chi connectivity index (χ0) is 16.3. The Morgan fingerprint density at radius 3 is 2.38 bits per heavy atom. The lowest BCUT2D eigenvalue weighted by Crippen LogP contribution is -2.55. The molecule has 4 N–H and O–H groups in total. The van der Waals surface area contributed by atoms with E-state index < -0.39 is 6.10 Å². The number of aromatic hydroxyl groups is 1. The SMILES string of the molecule is CC(C)(C)C(C)(C)NC(=O)NC[C@H](O)c1cccc(O)c1. The van der Waals surface area contributed by atoms with Crippen molar-refractivity contribution in [3.05, 3.63) is 29.8 Å². The molecule has 1 aromatic rings. The monoisotopic (exact) mass is 294 g/mol. The van der Waals surface area contributed by atoms with Crippen LogP contribution in [0.25, 0.3) is 0 Å². The van der Waals surface area contributed by atoms with E-state index in [2.05, 4.69) is 31.4 Å². The zero-order valence-corrected chi connectivity index (χ0v) is 13.4. The van der Waals surface area contributed by atoms with E-state index in [1.807, 2.05) is 13.8 Å². The molecule has 0 unspecified atom stereocenters. The summed E-state index contributed by atoms with van der Waals surface area (Å²) in [5.74, 6) is 0.0878. The molecule has 0 heterocycles. The van der Waals surface area contributed by atoms with E-state index in [0.717, 1.165) is 0 Å². The molecule has 0 aromatic heterocycles. The number of aliphatic hydroxyl groups excluding tert-OH is 1. The largest absolute Gasteiger partial charge is 0.508 e. The third kappa shape index (κ3) is 4.93. The van der Waals surface area contributed by atoms with Gasteiger partial charge in [-0.15, -0.1) is 0 Å². The second-order valence-electron chi connectivity index (χ2n) is 6.82. The van der Waals surface area contributed by atoms with Crippen LogP contribution in [0.1, 0.15) is 46.3 Å². The highest BCUT2D eigenvalue weighted by molar-refractivity contribution is 5.74. The number of hydrogen-bond acceptors (Lipinski definition) is 3. The summed E-state index contributed by atoms with van der Waals surface area (Å²) in [6.07, 6.45) is -0.861. The van der Waals surface area contributed by atoms with Crippen molar-refractivity contribution in [3.8, 4) is 5.75 Å². The molecule has 118 valence electrons. The van der Waals surface area contributed by atoms with Crippen LogP contribution in [-0.2, 0) is 0 Å². The number of phenols is 1.